The summed E-state index contributed by atoms with van der Waals surface area (Å²) < 4.78 is 0. The Morgan fingerprint density at radius 3 is 2.86 bits per heavy atom. The van der Waals surface area contributed by atoms with Gasteiger partial charge in [-0.1, -0.05) is 0 Å². The Bertz CT molecular complexity index is 696. The number of thiophene rings is 1. The van der Waals surface area contributed by atoms with E-state index in [1.807, 2.05) is 11.8 Å². The molecule has 0 aromatic carbocycles. The smallest absolute Gasteiger partial charge is 0.222 e. The van der Waals surface area contributed by atoms with Crippen LogP contribution in [0.1, 0.15) is 35.5 Å². The number of aromatic nitrogens is 2. The number of piperidine rings is 1. The van der Waals surface area contributed by atoms with Gasteiger partial charge in [-0.2, -0.15) is 0 Å². The van der Waals surface area contributed by atoms with Crippen LogP contribution in [0.5, 0.6) is 0 Å². The average molecular weight is 305 g/mol. The molecule has 6 nitrogen and oxygen atoms in total. The number of carbonyl (C=O) groups excluding carboxylic acids is 1. The summed E-state index contributed by atoms with van der Waals surface area (Å²) in [5, 5.41) is 0.980. The number of hydrogen-bond acceptors (Lipinski definition) is 6. The maximum absolute atomic E-state index is 11.9. The zero-order valence-corrected chi connectivity index (χ0v) is 13.1. The number of nitrogens with two attached hydrogens (primary N) is 1. The van der Waals surface area contributed by atoms with Crippen LogP contribution in [0, 0.1) is 13.8 Å². The lowest BCUT2D eigenvalue weighted by Gasteiger charge is -2.26. The van der Waals surface area contributed by atoms with Crippen LogP contribution in [0.15, 0.2) is 0 Å². The van der Waals surface area contributed by atoms with Gasteiger partial charge in [0.2, 0.25) is 5.91 Å². The van der Waals surface area contributed by atoms with Gasteiger partial charge >= 0.3 is 0 Å². The number of fused-ring (bicyclic) bond motifs is 1. The number of amides is 1. The molecule has 3 rings (SSSR count). The summed E-state index contributed by atoms with van der Waals surface area (Å²) in [6, 6.07) is 0. The molecule has 2 aromatic rings. The molecule has 1 aliphatic heterocycles. The lowest BCUT2D eigenvalue weighted by molar-refractivity contribution is -0.134. The number of hydrazine groups is 1. The third-order valence-corrected chi connectivity index (χ3v) is 5.07. The standard InChI is InChI=1S/C14H19N5OS/c1-8-9(2)21-14-12(8)13(18-15)16-10(17-14)7-19-6-4-3-5-11(19)20/h3-7,15H2,1-2H3,(H,16,17,18). The quantitative estimate of drug-likeness (QED) is 0.670. The van der Waals surface area contributed by atoms with E-state index in [9.17, 15) is 4.79 Å². The van der Waals surface area contributed by atoms with Crippen molar-refractivity contribution in [3.8, 4) is 0 Å². The van der Waals surface area contributed by atoms with E-state index in [1.54, 1.807) is 11.3 Å². The highest BCUT2D eigenvalue weighted by Gasteiger charge is 2.21. The second-order valence-electron chi connectivity index (χ2n) is 5.37. The number of nitrogen functional groups attached to an aromatic ring is 1. The topological polar surface area (TPSA) is 84.1 Å². The van der Waals surface area contributed by atoms with Gasteiger partial charge in [0.25, 0.3) is 0 Å². The maximum atomic E-state index is 11.9. The van der Waals surface area contributed by atoms with Gasteiger partial charge in [0.15, 0.2) is 11.6 Å². The first-order valence-electron chi connectivity index (χ1n) is 7.11. The van der Waals surface area contributed by atoms with E-state index in [1.165, 1.54) is 4.88 Å². The third-order valence-electron chi connectivity index (χ3n) is 3.97. The summed E-state index contributed by atoms with van der Waals surface area (Å²) in [5.41, 5.74) is 3.82. The van der Waals surface area contributed by atoms with Crippen molar-refractivity contribution in [1.29, 1.82) is 0 Å². The molecule has 7 heteroatoms. The molecule has 0 bridgehead atoms. The van der Waals surface area contributed by atoms with Crippen molar-refractivity contribution >= 4 is 33.3 Å². The molecule has 0 saturated carbocycles. The second-order valence-corrected chi connectivity index (χ2v) is 6.57. The number of nitrogens with zero attached hydrogens (tertiary/aromatic N) is 3. The molecule has 0 spiro atoms. The molecular formula is C14H19N5OS. The molecule has 21 heavy (non-hydrogen) atoms. The number of aryl methyl sites for hydroxylation is 2. The van der Waals surface area contributed by atoms with Crippen molar-refractivity contribution in [2.75, 3.05) is 12.0 Å². The van der Waals surface area contributed by atoms with Gasteiger partial charge in [-0.15, -0.1) is 11.3 Å². The molecule has 0 unspecified atom stereocenters. The Kier molecular flexibility index (Phi) is 3.77. The van der Waals surface area contributed by atoms with Gasteiger partial charge < -0.3 is 10.3 Å². The van der Waals surface area contributed by atoms with Gasteiger partial charge in [0.05, 0.1) is 11.9 Å². The summed E-state index contributed by atoms with van der Waals surface area (Å²) in [5.74, 6) is 7.08. The lowest BCUT2D eigenvalue weighted by Crippen LogP contribution is -2.35. The number of rotatable bonds is 3. The summed E-state index contributed by atoms with van der Waals surface area (Å²) in [4.78, 5) is 25.0. The predicted molar refractivity (Wildman–Crippen MR) is 84.0 cm³/mol. The van der Waals surface area contributed by atoms with E-state index in [-0.39, 0.29) is 5.91 Å². The number of likely N-dealkylation sites (tertiary alicyclic amines) is 1. The van der Waals surface area contributed by atoms with Crippen molar-refractivity contribution in [1.82, 2.24) is 14.9 Å². The van der Waals surface area contributed by atoms with E-state index < -0.39 is 0 Å². The molecule has 0 aliphatic carbocycles. The zero-order chi connectivity index (χ0) is 15.0. The first-order valence-corrected chi connectivity index (χ1v) is 7.93. The van der Waals surface area contributed by atoms with Crippen LogP contribution in [-0.4, -0.2) is 27.3 Å². The van der Waals surface area contributed by atoms with Crippen molar-refractivity contribution < 1.29 is 4.79 Å². The summed E-state index contributed by atoms with van der Waals surface area (Å²) >= 11 is 1.64. The number of nitrogens with one attached hydrogen (secondary N) is 1. The minimum atomic E-state index is 0.186. The van der Waals surface area contributed by atoms with Crippen molar-refractivity contribution in [3.05, 3.63) is 16.3 Å². The van der Waals surface area contributed by atoms with E-state index in [0.717, 1.165) is 35.2 Å². The number of hydrogen-bond donors (Lipinski definition) is 2. The molecule has 0 atom stereocenters. The van der Waals surface area contributed by atoms with Crippen molar-refractivity contribution in [2.24, 2.45) is 5.84 Å². The van der Waals surface area contributed by atoms with Crippen LogP contribution in [0.2, 0.25) is 0 Å². The summed E-state index contributed by atoms with van der Waals surface area (Å²) in [7, 11) is 0. The van der Waals surface area contributed by atoms with Gasteiger partial charge in [-0.3, -0.25) is 4.79 Å². The molecule has 0 radical (unpaired) electrons. The molecule has 2 aromatic heterocycles. The highest BCUT2D eigenvalue weighted by atomic mass is 32.1. The highest BCUT2D eigenvalue weighted by molar-refractivity contribution is 7.18. The molecule has 3 N–H and O–H groups in total. The molecule has 3 heterocycles. The number of carbonyl (C=O) groups is 1. The highest BCUT2D eigenvalue weighted by Crippen LogP contribution is 2.33. The summed E-state index contributed by atoms with van der Waals surface area (Å²) in [6.07, 6.45) is 2.66. The van der Waals surface area contributed by atoms with Gasteiger partial charge in [-0.25, -0.2) is 15.8 Å². The van der Waals surface area contributed by atoms with Gasteiger partial charge in [0, 0.05) is 17.8 Å². The first-order chi connectivity index (χ1) is 10.1. The Morgan fingerprint density at radius 2 is 2.14 bits per heavy atom. The second kappa shape index (κ2) is 5.57. The summed E-state index contributed by atoms with van der Waals surface area (Å²) in [6.45, 7) is 5.36. The van der Waals surface area contributed by atoms with Crippen LogP contribution in [-0.2, 0) is 11.3 Å². The van der Waals surface area contributed by atoms with Crippen molar-refractivity contribution in [3.63, 3.8) is 0 Å². The van der Waals surface area contributed by atoms with Crippen molar-refractivity contribution in [2.45, 2.75) is 39.7 Å². The SMILES string of the molecule is Cc1sc2nc(CN3CCCCC3=O)nc(NN)c2c1C. The third kappa shape index (κ3) is 2.58. The van der Waals surface area contributed by atoms with Crippen LogP contribution < -0.4 is 11.3 Å². The fourth-order valence-electron chi connectivity index (χ4n) is 2.67. The van der Waals surface area contributed by atoms with E-state index in [4.69, 9.17) is 5.84 Å². The fourth-order valence-corrected chi connectivity index (χ4v) is 3.72. The minimum absolute atomic E-state index is 0.186. The molecule has 1 fully saturated rings. The molecule has 1 aliphatic rings. The lowest BCUT2D eigenvalue weighted by atomic mass is 10.1. The van der Waals surface area contributed by atoms with E-state index in [0.29, 0.717) is 24.6 Å². The van der Waals surface area contributed by atoms with E-state index >= 15 is 0 Å². The molecular weight excluding hydrogens is 286 g/mol. The van der Waals surface area contributed by atoms with Crippen LogP contribution in [0.25, 0.3) is 10.2 Å². The van der Waals surface area contributed by atoms with Crippen LogP contribution in [0.4, 0.5) is 5.82 Å². The predicted octanol–water partition coefficient (Wildman–Crippen LogP) is 2.11. The molecule has 1 amide bonds. The molecule has 112 valence electrons. The maximum Gasteiger partial charge on any atom is 0.222 e. The molecule has 1 saturated heterocycles. The van der Waals surface area contributed by atoms with Gasteiger partial charge in [0.1, 0.15) is 4.83 Å². The monoisotopic (exact) mass is 305 g/mol. The zero-order valence-electron chi connectivity index (χ0n) is 12.3. The largest absolute Gasteiger partial charge is 0.335 e. The average Bonchev–Trinajstić information content (AvgIpc) is 2.76. The number of anilines is 1. The van der Waals surface area contributed by atoms with E-state index in [2.05, 4.69) is 22.3 Å². The fraction of sp³-hybridized carbons (Fsp3) is 0.500. The van der Waals surface area contributed by atoms with Crippen LogP contribution in [0.3, 0.4) is 0 Å². The normalized spacial score (nSPS) is 15.8. The Labute approximate surface area is 127 Å². The minimum Gasteiger partial charge on any atom is -0.335 e. The van der Waals surface area contributed by atoms with Gasteiger partial charge in [-0.05, 0) is 32.3 Å². The Hall–Kier alpha value is -1.73. The Morgan fingerprint density at radius 1 is 1.33 bits per heavy atom. The Balaban J connectivity index is 1.97. The van der Waals surface area contributed by atoms with Crippen LogP contribution >= 0.6 is 11.3 Å². The first kappa shape index (κ1) is 14.2.